The normalized spacial score (nSPS) is 11.1. The van der Waals surface area contributed by atoms with Crippen LogP contribution in [0.2, 0.25) is 0 Å². The Morgan fingerprint density at radius 1 is 1.15 bits per heavy atom. The summed E-state index contributed by atoms with van der Waals surface area (Å²) in [5.41, 5.74) is 1.26. The van der Waals surface area contributed by atoms with Crippen molar-refractivity contribution in [2.24, 2.45) is 0 Å². The molecule has 33 heavy (non-hydrogen) atoms. The number of benzene rings is 2. The molecule has 9 nitrogen and oxygen atoms in total. The number of hydrogen-bond acceptors (Lipinski definition) is 6. The topological polar surface area (TPSA) is 105 Å². The number of H-pyrrole nitrogens is 1. The Morgan fingerprint density at radius 2 is 1.91 bits per heavy atom. The number of fused-ring (bicyclic) bond motifs is 1. The van der Waals surface area contributed by atoms with Crippen LogP contribution in [0.3, 0.4) is 0 Å². The number of carbonyl (C=O) groups is 1. The van der Waals surface area contributed by atoms with Crippen LogP contribution in [-0.4, -0.2) is 39.5 Å². The Hall–Kier alpha value is -4.14. The zero-order valence-corrected chi connectivity index (χ0v) is 19.0. The predicted octanol–water partition coefficient (Wildman–Crippen LogP) is 3.79. The van der Waals surface area contributed by atoms with Gasteiger partial charge in [-0.2, -0.15) is 10.2 Å². The Morgan fingerprint density at radius 3 is 2.58 bits per heavy atom. The van der Waals surface area contributed by atoms with Crippen LogP contribution < -0.4 is 20.5 Å². The van der Waals surface area contributed by atoms with Crippen LogP contribution in [0.1, 0.15) is 25.6 Å². The van der Waals surface area contributed by atoms with E-state index in [2.05, 4.69) is 20.6 Å². The molecular formula is C24H26N6O3. The summed E-state index contributed by atoms with van der Waals surface area (Å²) < 4.78 is 7.00. The van der Waals surface area contributed by atoms with Gasteiger partial charge in [-0.15, -0.1) is 0 Å². The molecule has 0 fully saturated rings. The summed E-state index contributed by atoms with van der Waals surface area (Å²) in [6.45, 7) is 5.57. The number of anilines is 3. The molecule has 0 unspecified atom stereocenters. The molecule has 0 spiro atoms. The fraction of sp³-hybridized carbons (Fsp3) is 0.250. The van der Waals surface area contributed by atoms with Crippen molar-refractivity contribution >= 4 is 34.0 Å². The molecule has 0 aliphatic heterocycles. The number of rotatable bonds is 7. The third-order valence-corrected chi connectivity index (χ3v) is 5.21. The van der Waals surface area contributed by atoms with Crippen molar-refractivity contribution in [3.63, 3.8) is 0 Å². The molecule has 0 aliphatic carbocycles. The maximum absolute atomic E-state index is 13.2. The first kappa shape index (κ1) is 22.1. The largest absolute Gasteiger partial charge is 0.484 e. The van der Waals surface area contributed by atoms with Crippen molar-refractivity contribution in [3.05, 3.63) is 70.6 Å². The number of likely N-dealkylation sites (N-methyl/N-ethyl adjacent to an activating group) is 1. The molecule has 2 heterocycles. The van der Waals surface area contributed by atoms with Crippen LogP contribution in [0.5, 0.6) is 5.75 Å². The van der Waals surface area contributed by atoms with E-state index in [4.69, 9.17) is 4.74 Å². The number of ether oxygens (including phenoxy) is 1. The van der Waals surface area contributed by atoms with E-state index >= 15 is 0 Å². The summed E-state index contributed by atoms with van der Waals surface area (Å²) in [5, 5.41) is 15.9. The van der Waals surface area contributed by atoms with Crippen molar-refractivity contribution in [2.75, 3.05) is 23.9 Å². The highest BCUT2D eigenvalue weighted by molar-refractivity contribution is 5.99. The molecule has 2 aromatic carbocycles. The predicted molar refractivity (Wildman–Crippen MR) is 128 cm³/mol. The number of nitrogens with zero attached hydrogens (tertiary/aromatic N) is 4. The van der Waals surface area contributed by atoms with Gasteiger partial charge < -0.3 is 15.0 Å². The summed E-state index contributed by atoms with van der Waals surface area (Å²) in [6.07, 6.45) is 0. The van der Waals surface area contributed by atoms with Crippen molar-refractivity contribution in [2.45, 2.75) is 26.8 Å². The van der Waals surface area contributed by atoms with Crippen molar-refractivity contribution in [3.8, 4) is 5.75 Å². The minimum Gasteiger partial charge on any atom is -0.484 e. The zero-order valence-electron chi connectivity index (χ0n) is 19.0. The van der Waals surface area contributed by atoms with Gasteiger partial charge in [0.25, 0.3) is 11.5 Å². The molecule has 170 valence electrons. The lowest BCUT2D eigenvalue weighted by Gasteiger charge is -2.19. The van der Waals surface area contributed by atoms with Gasteiger partial charge in [-0.05, 0) is 51.1 Å². The highest BCUT2D eigenvalue weighted by Crippen LogP contribution is 2.26. The van der Waals surface area contributed by atoms with Crippen LogP contribution in [0, 0.1) is 6.92 Å². The summed E-state index contributed by atoms with van der Waals surface area (Å²) in [4.78, 5) is 27.3. The Kier molecular flexibility index (Phi) is 6.12. The van der Waals surface area contributed by atoms with Crippen LogP contribution in [-0.2, 0) is 4.79 Å². The van der Waals surface area contributed by atoms with E-state index in [-0.39, 0.29) is 24.1 Å². The van der Waals surface area contributed by atoms with Gasteiger partial charge in [-0.25, -0.2) is 4.68 Å². The quantitative estimate of drug-likeness (QED) is 0.447. The molecule has 0 radical (unpaired) electrons. The molecule has 9 heteroatoms. The number of nitrogens with one attached hydrogen (secondary N) is 2. The van der Waals surface area contributed by atoms with Crippen molar-refractivity contribution in [1.29, 1.82) is 0 Å². The molecule has 4 aromatic rings. The molecule has 0 saturated heterocycles. The molecular weight excluding hydrogens is 420 g/mol. The van der Waals surface area contributed by atoms with E-state index < -0.39 is 0 Å². The summed E-state index contributed by atoms with van der Waals surface area (Å²) in [5.74, 6) is 1.50. The van der Waals surface area contributed by atoms with Gasteiger partial charge in [-0.1, -0.05) is 18.2 Å². The second kappa shape index (κ2) is 9.15. The second-order valence-electron chi connectivity index (χ2n) is 8.04. The minimum absolute atomic E-state index is 0.115. The molecule has 2 N–H and O–H groups in total. The molecule has 0 atom stereocenters. The lowest BCUT2D eigenvalue weighted by molar-refractivity contribution is -0.120. The fourth-order valence-electron chi connectivity index (χ4n) is 3.40. The van der Waals surface area contributed by atoms with Gasteiger partial charge in [-0.3, -0.25) is 14.7 Å². The lowest BCUT2D eigenvalue weighted by Crippen LogP contribution is -2.31. The third kappa shape index (κ3) is 4.72. The zero-order chi connectivity index (χ0) is 23.5. The first-order chi connectivity index (χ1) is 15.8. The molecule has 0 aliphatic rings. The molecule has 0 saturated carbocycles. The van der Waals surface area contributed by atoms with E-state index in [0.29, 0.717) is 33.8 Å². The van der Waals surface area contributed by atoms with Gasteiger partial charge in [0.15, 0.2) is 18.2 Å². The average Bonchev–Trinajstić information content (AvgIpc) is 3.23. The highest BCUT2D eigenvalue weighted by atomic mass is 16.5. The number of hydrogen-bond donors (Lipinski definition) is 2. The van der Waals surface area contributed by atoms with Gasteiger partial charge in [0.1, 0.15) is 5.75 Å². The lowest BCUT2D eigenvalue weighted by atomic mass is 10.1. The van der Waals surface area contributed by atoms with E-state index in [0.717, 1.165) is 5.69 Å². The first-order valence-electron chi connectivity index (χ1n) is 10.6. The smallest absolute Gasteiger partial charge is 0.275 e. The van der Waals surface area contributed by atoms with E-state index in [1.807, 2.05) is 45.0 Å². The summed E-state index contributed by atoms with van der Waals surface area (Å²) >= 11 is 0. The van der Waals surface area contributed by atoms with E-state index in [1.54, 1.807) is 37.4 Å². The van der Waals surface area contributed by atoms with Gasteiger partial charge in [0.2, 0.25) is 0 Å². The van der Waals surface area contributed by atoms with Crippen molar-refractivity contribution in [1.82, 2.24) is 20.0 Å². The number of aromatic amines is 1. The van der Waals surface area contributed by atoms with Gasteiger partial charge >= 0.3 is 0 Å². The Bertz CT molecular complexity index is 1340. The van der Waals surface area contributed by atoms with Crippen LogP contribution in [0.15, 0.2) is 59.4 Å². The monoisotopic (exact) mass is 446 g/mol. The van der Waals surface area contributed by atoms with E-state index in [9.17, 15) is 9.59 Å². The summed E-state index contributed by atoms with van der Waals surface area (Å²) in [6, 6.07) is 16.1. The van der Waals surface area contributed by atoms with Crippen LogP contribution >= 0.6 is 0 Å². The van der Waals surface area contributed by atoms with Crippen molar-refractivity contribution < 1.29 is 9.53 Å². The number of carbonyl (C=O) groups excluding carboxylic acids is 1. The Balaban J connectivity index is 1.67. The second-order valence-corrected chi connectivity index (χ2v) is 8.04. The number of aryl methyl sites for hydroxylation is 1. The van der Waals surface area contributed by atoms with E-state index in [1.165, 1.54) is 9.58 Å². The van der Waals surface area contributed by atoms with Crippen LogP contribution in [0.4, 0.5) is 17.3 Å². The minimum atomic E-state index is -0.234. The Labute approximate surface area is 191 Å². The van der Waals surface area contributed by atoms with Gasteiger partial charge in [0.05, 0.1) is 11.4 Å². The average molecular weight is 447 g/mol. The molecule has 0 bridgehead atoms. The maximum Gasteiger partial charge on any atom is 0.275 e. The fourth-order valence-corrected chi connectivity index (χ4v) is 3.40. The number of para-hydroxylation sites is 1. The molecule has 2 aromatic heterocycles. The highest BCUT2D eigenvalue weighted by Gasteiger charge is 2.17. The van der Waals surface area contributed by atoms with Crippen LogP contribution in [0.25, 0.3) is 10.8 Å². The van der Waals surface area contributed by atoms with Gasteiger partial charge in [0, 0.05) is 29.9 Å². The SMILES string of the molecule is Cc1cc(Nc2nn(C(C)C)c(=O)c3cc(N(C)C(=O)COc4ccccc4)ccc23)n[nH]1. The maximum atomic E-state index is 13.2. The molecule has 4 rings (SSSR count). The molecule has 1 amide bonds. The summed E-state index contributed by atoms with van der Waals surface area (Å²) in [7, 11) is 1.66. The third-order valence-electron chi connectivity index (χ3n) is 5.21. The first-order valence-corrected chi connectivity index (χ1v) is 10.6. The standard InChI is InChI=1S/C24H26N6O3/c1-15(2)30-24(32)20-13-17(29(4)22(31)14-33-18-8-6-5-7-9-18)10-11-19(20)23(28-30)25-21-12-16(3)26-27-21/h5-13,15H,14H2,1-4H3,(H2,25,26,27,28). The number of aromatic nitrogens is 4. The number of amides is 1.